The number of nitrogens with zero attached hydrogens (tertiary/aromatic N) is 1. The van der Waals surface area contributed by atoms with E-state index in [9.17, 15) is 0 Å². The highest BCUT2D eigenvalue weighted by Crippen LogP contribution is 1.98. The summed E-state index contributed by atoms with van der Waals surface area (Å²) in [6.45, 7) is 4.64. The molecular formula is C5H11NO. The highest BCUT2D eigenvalue weighted by atomic mass is 16.1. The molecule has 2 heteroatoms. The minimum absolute atomic E-state index is 1.32. The molecule has 0 radical (unpaired) electrons. The Morgan fingerprint density at radius 2 is 1.71 bits per heavy atom. The van der Waals surface area contributed by atoms with Gasteiger partial charge in [0.05, 0.1) is 0 Å². The van der Waals surface area contributed by atoms with E-state index in [-0.39, 0.29) is 0 Å². The lowest BCUT2D eigenvalue weighted by Gasteiger charge is -2.24. The van der Waals surface area contributed by atoms with Gasteiger partial charge in [-0.1, -0.05) is 0 Å². The predicted octanol–water partition coefficient (Wildman–Crippen LogP) is 0.137. The summed E-state index contributed by atoms with van der Waals surface area (Å²) in [4.78, 5) is 10.3. The molecule has 1 fully saturated rings. The zero-order valence-corrected chi connectivity index (χ0v) is 4.68. The average molecular weight is 101 g/mol. The average Bonchev–Trinajstić information content (AvgIpc) is 1.68. The molecule has 7 heavy (non-hydrogen) atoms. The largest absolute Gasteiger partial charge is 0.307 e. The highest BCUT2D eigenvalue weighted by molar-refractivity contribution is 5.10. The summed E-state index contributed by atoms with van der Waals surface area (Å²) in [5.74, 6) is 0. The molecule has 0 saturated carbocycles. The first-order valence-electron chi connectivity index (χ1n) is 2.37. The van der Waals surface area contributed by atoms with E-state index in [0.717, 1.165) is 0 Å². The van der Waals surface area contributed by atoms with E-state index >= 15 is 0 Å². The van der Waals surface area contributed by atoms with Gasteiger partial charge in [0.15, 0.2) is 0 Å². The third kappa shape index (κ3) is 2.34. The van der Waals surface area contributed by atoms with E-state index in [1.807, 2.05) is 6.79 Å². The van der Waals surface area contributed by atoms with Crippen LogP contribution in [0.3, 0.4) is 0 Å². The molecule has 0 bridgehead atoms. The van der Waals surface area contributed by atoms with E-state index in [0.29, 0.717) is 0 Å². The van der Waals surface area contributed by atoms with Gasteiger partial charge in [0.2, 0.25) is 0 Å². The Kier molecular flexibility index (Phi) is 3.61. The highest BCUT2D eigenvalue weighted by Gasteiger charge is 2.04. The van der Waals surface area contributed by atoms with E-state index in [2.05, 4.69) is 11.9 Å². The summed E-state index contributed by atoms with van der Waals surface area (Å²) >= 11 is 0. The summed E-state index contributed by atoms with van der Waals surface area (Å²) in [5, 5.41) is 0. The van der Waals surface area contributed by atoms with Crippen LogP contribution in [0.2, 0.25) is 0 Å². The Labute approximate surface area is 44.1 Å². The lowest BCUT2D eigenvalue weighted by Crippen LogP contribution is -2.32. The first-order valence-corrected chi connectivity index (χ1v) is 2.37. The van der Waals surface area contributed by atoms with Crippen LogP contribution in [0.25, 0.3) is 0 Å². The van der Waals surface area contributed by atoms with Gasteiger partial charge in [-0.3, -0.25) is 0 Å². The van der Waals surface area contributed by atoms with Gasteiger partial charge in [-0.15, -0.1) is 0 Å². The zero-order valence-electron chi connectivity index (χ0n) is 4.68. The van der Waals surface area contributed by atoms with Crippen molar-refractivity contribution in [1.82, 2.24) is 4.90 Å². The number of likely N-dealkylation sites (tertiary alicyclic amines) is 1. The third-order valence-electron chi connectivity index (χ3n) is 1.08. The molecule has 0 aromatic rings. The van der Waals surface area contributed by atoms with Crippen molar-refractivity contribution in [1.29, 1.82) is 0 Å². The molecule has 0 unspecified atom stereocenters. The van der Waals surface area contributed by atoms with Crippen LogP contribution in [0, 0.1) is 0 Å². The van der Waals surface area contributed by atoms with Gasteiger partial charge in [-0.05, 0) is 26.6 Å². The molecule has 1 aliphatic heterocycles. The number of hydrogen-bond acceptors (Lipinski definition) is 2. The van der Waals surface area contributed by atoms with Gasteiger partial charge < -0.3 is 9.69 Å². The Morgan fingerprint density at radius 3 is 1.71 bits per heavy atom. The van der Waals surface area contributed by atoms with Gasteiger partial charge in [-0.25, -0.2) is 0 Å². The van der Waals surface area contributed by atoms with Crippen LogP contribution in [0.4, 0.5) is 0 Å². The second-order valence-corrected chi connectivity index (χ2v) is 1.66. The van der Waals surface area contributed by atoms with Crippen LogP contribution in [-0.4, -0.2) is 31.8 Å². The fourth-order valence-electron chi connectivity index (χ4n) is 0.474. The SMILES string of the molecule is C=O.CN1CCC1. The van der Waals surface area contributed by atoms with E-state index in [4.69, 9.17) is 4.79 Å². The van der Waals surface area contributed by atoms with Crippen LogP contribution < -0.4 is 0 Å². The molecule has 2 nitrogen and oxygen atoms in total. The topological polar surface area (TPSA) is 20.3 Å². The standard InChI is InChI=1S/C4H9N.CH2O/c1-5-3-2-4-5;1-2/h2-4H2,1H3;1H2. The third-order valence-corrected chi connectivity index (χ3v) is 1.08. The number of hydrogen-bond donors (Lipinski definition) is 0. The number of rotatable bonds is 0. The second kappa shape index (κ2) is 3.81. The molecular weight excluding hydrogens is 90.1 g/mol. The lowest BCUT2D eigenvalue weighted by atomic mass is 10.3. The maximum Gasteiger partial charge on any atom is 0.106 e. The van der Waals surface area contributed by atoms with Crippen LogP contribution in [0.5, 0.6) is 0 Å². The van der Waals surface area contributed by atoms with Gasteiger partial charge in [0.25, 0.3) is 0 Å². The molecule has 0 atom stereocenters. The minimum atomic E-state index is 1.32. The van der Waals surface area contributed by atoms with Crippen LogP contribution in [0.1, 0.15) is 6.42 Å². The van der Waals surface area contributed by atoms with Crippen molar-refractivity contribution >= 4 is 6.79 Å². The molecule has 0 aromatic heterocycles. The first-order chi connectivity index (χ1) is 3.39. The fraction of sp³-hybridized carbons (Fsp3) is 0.800. The Morgan fingerprint density at radius 1 is 1.43 bits per heavy atom. The quantitative estimate of drug-likeness (QED) is 0.432. The van der Waals surface area contributed by atoms with E-state index in [1.54, 1.807) is 0 Å². The smallest absolute Gasteiger partial charge is 0.106 e. The Hall–Kier alpha value is -0.370. The summed E-state index contributed by atoms with van der Waals surface area (Å²) in [6.07, 6.45) is 1.41. The molecule has 0 amide bonds. The summed E-state index contributed by atoms with van der Waals surface area (Å²) in [7, 11) is 2.14. The molecule has 1 aliphatic rings. The van der Waals surface area contributed by atoms with Gasteiger partial charge in [0, 0.05) is 0 Å². The molecule has 1 rings (SSSR count). The van der Waals surface area contributed by atoms with Crippen molar-refractivity contribution in [2.75, 3.05) is 20.1 Å². The normalized spacial score (nSPS) is 19.0. The first kappa shape index (κ1) is 6.63. The summed E-state index contributed by atoms with van der Waals surface area (Å²) < 4.78 is 0. The van der Waals surface area contributed by atoms with E-state index in [1.165, 1.54) is 19.5 Å². The van der Waals surface area contributed by atoms with Crippen molar-refractivity contribution in [2.45, 2.75) is 6.42 Å². The van der Waals surface area contributed by atoms with Gasteiger partial charge >= 0.3 is 0 Å². The van der Waals surface area contributed by atoms with Crippen LogP contribution >= 0.6 is 0 Å². The van der Waals surface area contributed by atoms with Crippen LogP contribution in [0.15, 0.2) is 0 Å². The van der Waals surface area contributed by atoms with Crippen molar-refractivity contribution < 1.29 is 4.79 Å². The van der Waals surface area contributed by atoms with Crippen molar-refractivity contribution in [3.8, 4) is 0 Å². The molecule has 1 heterocycles. The lowest BCUT2D eigenvalue weighted by molar-refractivity contribution is -0.0979. The Bertz CT molecular complexity index is 43.3. The molecule has 0 N–H and O–H groups in total. The molecule has 0 aliphatic carbocycles. The van der Waals surface area contributed by atoms with Gasteiger partial charge in [-0.2, -0.15) is 0 Å². The molecule has 42 valence electrons. The molecule has 0 aromatic carbocycles. The molecule has 1 saturated heterocycles. The van der Waals surface area contributed by atoms with Crippen molar-refractivity contribution in [3.05, 3.63) is 0 Å². The zero-order chi connectivity index (χ0) is 5.70. The second-order valence-electron chi connectivity index (χ2n) is 1.66. The van der Waals surface area contributed by atoms with Crippen molar-refractivity contribution in [3.63, 3.8) is 0 Å². The fourth-order valence-corrected chi connectivity index (χ4v) is 0.474. The van der Waals surface area contributed by atoms with Crippen LogP contribution in [-0.2, 0) is 4.79 Å². The number of carbonyl (C=O) groups is 1. The minimum Gasteiger partial charge on any atom is -0.307 e. The monoisotopic (exact) mass is 101 g/mol. The van der Waals surface area contributed by atoms with Gasteiger partial charge in [0.1, 0.15) is 6.79 Å². The maximum atomic E-state index is 8.00. The number of carbonyl (C=O) groups excluding carboxylic acids is 1. The predicted molar refractivity (Wildman–Crippen MR) is 29.2 cm³/mol. The summed E-state index contributed by atoms with van der Waals surface area (Å²) in [6, 6.07) is 0. The molecule has 0 spiro atoms. The van der Waals surface area contributed by atoms with Crippen molar-refractivity contribution in [2.24, 2.45) is 0 Å². The van der Waals surface area contributed by atoms with E-state index < -0.39 is 0 Å². The maximum absolute atomic E-state index is 8.00. The Balaban J connectivity index is 0.000000162. The summed E-state index contributed by atoms with van der Waals surface area (Å²) in [5.41, 5.74) is 0.